The molecule has 1 fully saturated rings. The van der Waals surface area contributed by atoms with E-state index in [0.717, 1.165) is 18.9 Å². The lowest BCUT2D eigenvalue weighted by Gasteiger charge is -2.27. The van der Waals surface area contributed by atoms with Crippen molar-refractivity contribution in [1.29, 1.82) is 0 Å². The summed E-state index contributed by atoms with van der Waals surface area (Å²) in [4.78, 5) is 31.2. The number of aromatic nitrogens is 1. The van der Waals surface area contributed by atoms with Crippen molar-refractivity contribution in [2.24, 2.45) is 0 Å². The number of ether oxygens (including phenoxy) is 3. The number of anilines is 2. The van der Waals surface area contributed by atoms with Gasteiger partial charge in [0.1, 0.15) is 5.82 Å². The first-order chi connectivity index (χ1) is 15.1. The van der Waals surface area contributed by atoms with Crippen molar-refractivity contribution in [2.45, 2.75) is 13.8 Å². The lowest BCUT2D eigenvalue weighted by Crippen LogP contribution is -2.36. The van der Waals surface area contributed by atoms with E-state index in [1.54, 1.807) is 30.5 Å². The molecule has 2 heterocycles. The number of carbonyl (C=O) groups excluding carboxylic acids is 2. The molecule has 1 aliphatic heterocycles. The zero-order chi connectivity index (χ0) is 22.1. The molecule has 3 rings (SSSR count). The Bertz CT molecular complexity index is 882. The molecular weight excluding hydrogens is 400 g/mol. The summed E-state index contributed by atoms with van der Waals surface area (Å²) in [7, 11) is 0. The van der Waals surface area contributed by atoms with Crippen molar-refractivity contribution in [3.8, 4) is 11.5 Å². The molecule has 0 atom stereocenters. The van der Waals surface area contributed by atoms with Gasteiger partial charge in [-0.25, -0.2) is 4.98 Å². The molecule has 0 saturated carbocycles. The summed E-state index contributed by atoms with van der Waals surface area (Å²) in [5.41, 5.74) is 0.951. The Morgan fingerprint density at radius 3 is 2.48 bits per heavy atom. The van der Waals surface area contributed by atoms with Crippen molar-refractivity contribution in [2.75, 3.05) is 56.3 Å². The minimum absolute atomic E-state index is 0.165. The number of morpholine rings is 1. The van der Waals surface area contributed by atoms with Crippen LogP contribution >= 0.6 is 0 Å². The van der Waals surface area contributed by atoms with Gasteiger partial charge in [-0.15, -0.1) is 0 Å². The van der Waals surface area contributed by atoms with Crippen molar-refractivity contribution in [3.05, 3.63) is 42.1 Å². The molecule has 0 unspecified atom stereocenters. The third-order valence-corrected chi connectivity index (χ3v) is 4.58. The minimum Gasteiger partial charge on any atom is -0.490 e. The van der Waals surface area contributed by atoms with Crippen LogP contribution in [0.25, 0.3) is 0 Å². The van der Waals surface area contributed by atoms with E-state index in [2.05, 4.69) is 20.5 Å². The number of hydrogen-bond donors (Lipinski definition) is 2. The van der Waals surface area contributed by atoms with Gasteiger partial charge in [-0.2, -0.15) is 0 Å². The standard InChI is InChI=1S/C22H28N4O5/c1-3-30-18-7-5-16(13-19(18)31-4-2)22(28)24-15-21(27)25-17-6-8-20(23-14-17)26-9-11-29-12-10-26/h5-8,13-14H,3-4,9-12,15H2,1-2H3,(H,24,28)(H,25,27). The maximum absolute atomic E-state index is 12.4. The number of amides is 2. The normalized spacial score (nSPS) is 13.4. The summed E-state index contributed by atoms with van der Waals surface area (Å²) in [5.74, 6) is 1.19. The molecule has 9 nitrogen and oxygen atoms in total. The smallest absolute Gasteiger partial charge is 0.251 e. The Labute approximate surface area is 181 Å². The number of carbonyl (C=O) groups is 2. The number of nitrogens with one attached hydrogen (secondary N) is 2. The Balaban J connectivity index is 1.52. The fourth-order valence-corrected chi connectivity index (χ4v) is 3.10. The van der Waals surface area contributed by atoms with Gasteiger partial charge >= 0.3 is 0 Å². The highest BCUT2D eigenvalue weighted by atomic mass is 16.5. The van der Waals surface area contributed by atoms with E-state index < -0.39 is 0 Å². The van der Waals surface area contributed by atoms with Gasteiger partial charge in [-0.05, 0) is 44.2 Å². The van der Waals surface area contributed by atoms with Crippen LogP contribution in [0.2, 0.25) is 0 Å². The highest BCUT2D eigenvalue weighted by molar-refractivity contribution is 5.99. The highest BCUT2D eigenvalue weighted by Gasteiger charge is 2.14. The molecule has 0 spiro atoms. The fraction of sp³-hybridized carbons (Fsp3) is 0.409. The lowest BCUT2D eigenvalue weighted by atomic mass is 10.2. The summed E-state index contributed by atoms with van der Waals surface area (Å²) in [6.07, 6.45) is 1.60. The second-order valence-electron chi connectivity index (χ2n) is 6.76. The van der Waals surface area contributed by atoms with Crippen molar-refractivity contribution < 1.29 is 23.8 Å². The second-order valence-corrected chi connectivity index (χ2v) is 6.76. The maximum Gasteiger partial charge on any atom is 0.251 e. The van der Waals surface area contributed by atoms with Crippen molar-refractivity contribution in [3.63, 3.8) is 0 Å². The maximum atomic E-state index is 12.4. The highest BCUT2D eigenvalue weighted by Crippen LogP contribution is 2.28. The van der Waals surface area contributed by atoms with E-state index in [9.17, 15) is 9.59 Å². The van der Waals surface area contributed by atoms with Crippen LogP contribution in [0.3, 0.4) is 0 Å². The third-order valence-electron chi connectivity index (χ3n) is 4.58. The molecule has 2 amide bonds. The Morgan fingerprint density at radius 1 is 1.06 bits per heavy atom. The fourth-order valence-electron chi connectivity index (χ4n) is 3.10. The van der Waals surface area contributed by atoms with E-state index >= 15 is 0 Å². The molecule has 9 heteroatoms. The first kappa shape index (κ1) is 22.4. The summed E-state index contributed by atoms with van der Waals surface area (Å²) in [6.45, 7) is 7.46. The average molecular weight is 428 g/mol. The van der Waals surface area contributed by atoms with Crippen LogP contribution in [0.15, 0.2) is 36.5 Å². The molecule has 1 aliphatic rings. The molecule has 2 aromatic rings. The summed E-state index contributed by atoms with van der Waals surface area (Å²) in [6, 6.07) is 8.57. The van der Waals surface area contributed by atoms with E-state index in [4.69, 9.17) is 14.2 Å². The van der Waals surface area contributed by atoms with Crippen LogP contribution in [0.4, 0.5) is 11.5 Å². The summed E-state index contributed by atoms with van der Waals surface area (Å²) < 4.78 is 16.4. The van der Waals surface area contributed by atoms with Gasteiger partial charge in [-0.3, -0.25) is 9.59 Å². The van der Waals surface area contributed by atoms with Crippen LogP contribution < -0.4 is 25.0 Å². The molecule has 0 bridgehead atoms. The molecule has 0 aliphatic carbocycles. The van der Waals surface area contributed by atoms with Gasteiger partial charge in [0, 0.05) is 18.7 Å². The van der Waals surface area contributed by atoms with Crippen molar-refractivity contribution >= 4 is 23.3 Å². The number of hydrogen-bond acceptors (Lipinski definition) is 7. The largest absolute Gasteiger partial charge is 0.490 e. The minimum atomic E-state index is -0.375. The van der Waals surface area contributed by atoms with Crippen molar-refractivity contribution in [1.82, 2.24) is 10.3 Å². The van der Waals surface area contributed by atoms with Crippen LogP contribution in [-0.2, 0) is 9.53 Å². The van der Waals surface area contributed by atoms with Gasteiger partial charge in [0.2, 0.25) is 5.91 Å². The predicted octanol–water partition coefficient (Wildman–Crippen LogP) is 2.08. The molecule has 0 radical (unpaired) electrons. The lowest BCUT2D eigenvalue weighted by molar-refractivity contribution is -0.115. The van der Waals surface area contributed by atoms with Gasteiger partial charge < -0.3 is 29.7 Å². The second kappa shape index (κ2) is 11.2. The topological polar surface area (TPSA) is 102 Å². The van der Waals surface area contributed by atoms with E-state index in [0.29, 0.717) is 49.2 Å². The van der Waals surface area contributed by atoms with E-state index in [1.807, 2.05) is 19.9 Å². The average Bonchev–Trinajstić information content (AvgIpc) is 2.80. The van der Waals surface area contributed by atoms with Gasteiger partial charge in [0.15, 0.2) is 11.5 Å². The number of benzene rings is 1. The van der Waals surface area contributed by atoms with E-state index in [1.165, 1.54) is 0 Å². The summed E-state index contributed by atoms with van der Waals surface area (Å²) >= 11 is 0. The van der Waals surface area contributed by atoms with Crippen LogP contribution in [0.5, 0.6) is 11.5 Å². The van der Waals surface area contributed by atoms with Gasteiger partial charge in [0.25, 0.3) is 5.91 Å². The zero-order valence-electron chi connectivity index (χ0n) is 17.8. The van der Waals surface area contributed by atoms with Crippen LogP contribution in [-0.4, -0.2) is 62.9 Å². The molecule has 1 saturated heterocycles. The van der Waals surface area contributed by atoms with Gasteiger partial charge in [0.05, 0.1) is 44.9 Å². The van der Waals surface area contributed by atoms with Crippen LogP contribution in [0.1, 0.15) is 24.2 Å². The summed E-state index contributed by atoms with van der Waals surface area (Å²) in [5, 5.41) is 5.35. The molecule has 166 valence electrons. The number of rotatable bonds is 9. The number of pyridine rings is 1. The first-order valence-electron chi connectivity index (χ1n) is 10.4. The quantitative estimate of drug-likeness (QED) is 0.630. The molecule has 1 aromatic heterocycles. The molecule has 31 heavy (non-hydrogen) atoms. The Morgan fingerprint density at radius 2 is 1.81 bits per heavy atom. The molecular formula is C22H28N4O5. The van der Waals surface area contributed by atoms with Crippen LogP contribution in [0, 0.1) is 0 Å². The Hall–Kier alpha value is -3.33. The molecule has 2 N–H and O–H groups in total. The first-order valence-corrected chi connectivity index (χ1v) is 10.4. The number of nitrogens with zero attached hydrogens (tertiary/aromatic N) is 2. The predicted molar refractivity (Wildman–Crippen MR) is 117 cm³/mol. The Kier molecular flexibility index (Phi) is 8.05. The SMILES string of the molecule is CCOc1ccc(C(=O)NCC(=O)Nc2ccc(N3CCOCC3)nc2)cc1OCC. The van der Waals surface area contributed by atoms with Gasteiger partial charge in [-0.1, -0.05) is 0 Å². The van der Waals surface area contributed by atoms with E-state index in [-0.39, 0.29) is 18.4 Å². The monoisotopic (exact) mass is 428 g/mol. The third kappa shape index (κ3) is 6.32. The molecule has 1 aromatic carbocycles. The zero-order valence-corrected chi connectivity index (χ0v) is 17.8.